The van der Waals surface area contributed by atoms with Crippen molar-refractivity contribution in [2.45, 2.75) is 22.6 Å². The van der Waals surface area contributed by atoms with Gasteiger partial charge in [-0.3, -0.25) is 0 Å². The summed E-state index contributed by atoms with van der Waals surface area (Å²) in [6, 6.07) is 4.96. The number of piperidine rings is 1. The molecule has 17 heavy (non-hydrogen) atoms. The van der Waals surface area contributed by atoms with Crippen molar-refractivity contribution in [1.82, 2.24) is 4.31 Å². The van der Waals surface area contributed by atoms with Gasteiger partial charge in [-0.1, -0.05) is 15.9 Å². The van der Waals surface area contributed by atoms with Crippen molar-refractivity contribution in [3.63, 3.8) is 0 Å². The highest BCUT2D eigenvalue weighted by molar-refractivity contribution is 9.09. The molecule has 1 fully saturated rings. The van der Waals surface area contributed by atoms with Crippen LogP contribution in [-0.4, -0.2) is 30.6 Å². The van der Waals surface area contributed by atoms with E-state index in [4.69, 9.17) is 0 Å². The smallest absolute Gasteiger partial charge is 0.207 e. The van der Waals surface area contributed by atoms with Crippen LogP contribution in [0.4, 0.5) is 4.39 Å². The first-order valence-electron chi connectivity index (χ1n) is 5.40. The van der Waals surface area contributed by atoms with Crippen LogP contribution in [0.3, 0.4) is 0 Å². The van der Waals surface area contributed by atoms with Crippen LogP contribution in [0, 0.1) is 5.82 Å². The molecule has 0 aliphatic carbocycles. The topological polar surface area (TPSA) is 37.4 Å². The highest BCUT2D eigenvalue weighted by Gasteiger charge is 2.28. The fraction of sp³-hybridized carbons (Fsp3) is 0.455. The highest BCUT2D eigenvalue weighted by Crippen LogP contribution is 2.23. The minimum Gasteiger partial charge on any atom is -0.207 e. The minimum absolute atomic E-state index is 0.159. The predicted molar refractivity (Wildman–Crippen MR) is 67.1 cm³/mol. The number of nitrogens with zero attached hydrogens (tertiary/aromatic N) is 1. The Morgan fingerprint density at radius 2 is 1.71 bits per heavy atom. The van der Waals surface area contributed by atoms with Crippen LogP contribution >= 0.6 is 15.9 Å². The molecule has 1 aliphatic heterocycles. The fourth-order valence-electron chi connectivity index (χ4n) is 1.82. The molecule has 1 saturated heterocycles. The van der Waals surface area contributed by atoms with Gasteiger partial charge in [-0.2, -0.15) is 4.31 Å². The molecule has 0 radical (unpaired) electrons. The highest BCUT2D eigenvalue weighted by atomic mass is 79.9. The summed E-state index contributed by atoms with van der Waals surface area (Å²) in [4.78, 5) is 0.550. The molecular weight excluding hydrogens is 309 g/mol. The molecule has 3 nitrogen and oxygen atoms in total. The number of hydrogen-bond acceptors (Lipinski definition) is 2. The molecule has 1 heterocycles. The lowest BCUT2D eigenvalue weighted by Gasteiger charge is -2.28. The van der Waals surface area contributed by atoms with Crippen LogP contribution in [0.5, 0.6) is 0 Å². The zero-order valence-electron chi connectivity index (χ0n) is 9.14. The molecule has 0 atom stereocenters. The summed E-state index contributed by atoms with van der Waals surface area (Å²) in [6.45, 7) is 1.02. The molecule has 0 aromatic heterocycles. The molecule has 94 valence electrons. The van der Waals surface area contributed by atoms with Crippen molar-refractivity contribution in [2.75, 3.05) is 13.1 Å². The SMILES string of the molecule is O=S(=O)(c1ccc(F)cc1)N1CCC(Br)CC1. The first-order valence-corrected chi connectivity index (χ1v) is 7.75. The van der Waals surface area contributed by atoms with E-state index in [0.717, 1.165) is 12.8 Å². The van der Waals surface area contributed by atoms with E-state index in [9.17, 15) is 12.8 Å². The normalized spacial score (nSPS) is 19.4. The van der Waals surface area contributed by atoms with E-state index >= 15 is 0 Å². The molecule has 1 aromatic carbocycles. The Morgan fingerprint density at radius 1 is 1.18 bits per heavy atom. The largest absolute Gasteiger partial charge is 0.243 e. The first kappa shape index (κ1) is 13.0. The summed E-state index contributed by atoms with van der Waals surface area (Å²) >= 11 is 3.48. The Bertz CT molecular complexity index is 481. The molecule has 0 N–H and O–H groups in total. The van der Waals surface area contributed by atoms with Gasteiger partial charge in [-0.05, 0) is 37.1 Å². The summed E-state index contributed by atoms with van der Waals surface area (Å²) in [7, 11) is -3.46. The molecule has 2 rings (SSSR count). The zero-order valence-corrected chi connectivity index (χ0v) is 11.5. The molecule has 1 aromatic rings. The average molecular weight is 322 g/mol. The van der Waals surface area contributed by atoms with Crippen molar-refractivity contribution in [2.24, 2.45) is 0 Å². The van der Waals surface area contributed by atoms with Crippen molar-refractivity contribution >= 4 is 26.0 Å². The van der Waals surface area contributed by atoms with Crippen LogP contribution < -0.4 is 0 Å². The van der Waals surface area contributed by atoms with Gasteiger partial charge in [0.05, 0.1) is 4.90 Å². The van der Waals surface area contributed by atoms with E-state index in [1.54, 1.807) is 0 Å². The molecular formula is C11H13BrFNO2S. The third-order valence-corrected chi connectivity index (χ3v) is 5.66. The first-order chi connectivity index (χ1) is 8.00. The van der Waals surface area contributed by atoms with Gasteiger partial charge in [-0.15, -0.1) is 0 Å². The van der Waals surface area contributed by atoms with Gasteiger partial charge in [0.2, 0.25) is 10.0 Å². The van der Waals surface area contributed by atoms with E-state index in [1.165, 1.54) is 28.6 Å². The van der Waals surface area contributed by atoms with Crippen LogP contribution in [0.25, 0.3) is 0 Å². The fourth-order valence-corrected chi connectivity index (χ4v) is 3.70. The second kappa shape index (κ2) is 5.04. The van der Waals surface area contributed by atoms with Gasteiger partial charge in [-0.25, -0.2) is 12.8 Å². The van der Waals surface area contributed by atoms with E-state index in [1.807, 2.05) is 0 Å². The van der Waals surface area contributed by atoms with E-state index in [0.29, 0.717) is 17.9 Å². The molecule has 1 aliphatic rings. The molecule has 6 heteroatoms. The van der Waals surface area contributed by atoms with Gasteiger partial charge in [0.1, 0.15) is 5.82 Å². The standard InChI is InChI=1S/C11H13BrFNO2S/c12-9-5-7-14(8-6-9)17(15,16)11-3-1-10(13)2-4-11/h1-4,9H,5-8H2. The van der Waals surface area contributed by atoms with E-state index in [2.05, 4.69) is 15.9 Å². The van der Waals surface area contributed by atoms with Gasteiger partial charge in [0, 0.05) is 17.9 Å². The number of halogens is 2. The van der Waals surface area contributed by atoms with Crippen molar-refractivity contribution in [3.05, 3.63) is 30.1 Å². The average Bonchev–Trinajstić information content (AvgIpc) is 2.30. The van der Waals surface area contributed by atoms with Gasteiger partial charge < -0.3 is 0 Å². The Labute approximate surface area is 109 Å². The summed E-state index contributed by atoms with van der Waals surface area (Å²) < 4.78 is 38.6. The summed E-state index contributed by atoms with van der Waals surface area (Å²) in [6.07, 6.45) is 1.61. The van der Waals surface area contributed by atoms with Crippen LogP contribution in [0.15, 0.2) is 29.2 Å². The van der Waals surface area contributed by atoms with Crippen molar-refractivity contribution in [3.8, 4) is 0 Å². The maximum Gasteiger partial charge on any atom is 0.243 e. The lowest BCUT2D eigenvalue weighted by molar-refractivity contribution is 0.354. The number of alkyl halides is 1. The molecule has 0 amide bonds. The van der Waals surface area contributed by atoms with Gasteiger partial charge in [0.15, 0.2) is 0 Å². The Balaban J connectivity index is 2.21. The maximum atomic E-state index is 12.8. The quantitative estimate of drug-likeness (QED) is 0.784. The maximum absolute atomic E-state index is 12.8. The van der Waals surface area contributed by atoms with Crippen molar-refractivity contribution < 1.29 is 12.8 Å². The summed E-state index contributed by atoms with van der Waals surface area (Å²) in [5, 5.41) is 0. The third kappa shape index (κ3) is 2.86. The Morgan fingerprint density at radius 3 is 2.24 bits per heavy atom. The van der Waals surface area contributed by atoms with Crippen LogP contribution in [-0.2, 0) is 10.0 Å². The molecule has 0 spiro atoms. The lowest BCUT2D eigenvalue weighted by Crippen LogP contribution is -2.38. The molecule has 0 unspecified atom stereocenters. The minimum atomic E-state index is -3.46. The Kier molecular flexibility index (Phi) is 3.85. The summed E-state index contributed by atoms with van der Waals surface area (Å²) in [5.41, 5.74) is 0. The van der Waals surface area contributed by atoms with Crippen LogP contribution in [0.2, 0.25) is 0 Å². The zero-order chi connectivity index (χ0) is 12.5. The van der Waals surface area contributed by atoms with E-state index < -0.39 is 15.8 Å². The summed E-state index contributed by atoms with van der Waals surface area (Å²) in [5.74, 6) is -0.428. The molecule has 0 saturated carbocycles. The van der Waals surface area contributed by atoms with Crippen LogP contribution in [0.1, 0.15) is 12.8 Å². The third-order valence-electron chi connectivity index (χ3n) is 2.83. The second-order valence-electron chi connectivity index (χ2n) is 4.03. The Hall–Kier alpha value is -0.460. The van der Waals surface area contributed by atoms with Gasteiger partial charge >= 0.3 is 0 Å². The van der Waals surface area contributed by atoms with Crippen molar-refractivity contribution in [1.29, 1.82) is 0 Å². The number of sulfonamides is 1. The number of benzene rings is 1. The monoisotopic (exact) mass is 321 g/mol. The van der Waals surface area contributed by atoms with E-state index in [-0.39, 0.29) is 4.90 Å². The second-order valence-corrected chi connectivity index (χ2v) is 7.27. The number of rotatable bonds is 2. The molecule has 0 bridgehead atoms. The predicted octanol–water partition coefficient (Wildman–Crippen LogP) is 2.37. The van der Waals surface area contributed by atoms with Gasteiger partial charge in [0.25, 0.3) is 0 Å². The lowest BCUT2D eigenvalue weighted by atomic mass is 10.2. The number of hydrogen-bond donors (Lipinski definition) is 0.